The van der Waals surface area contributed by atoms with Crippen LogP contribution in [-0.2, 0) is 11.3 Å². The molecule has 0 saturated heterocycles. The number of benzene rings is 2. The Morgan fingerprint density at radius 1 is 1.26 bits per heavy atom. The molecule has 31 heavy (non-hydrogen) atoms. The molecular formula is C22H21N3O6. The molecule has 0 fully saturated rings. The predicted molar refractivity (Wildman–Crippen MR) is 109 cm³/mol. The van der Waals surface area contributed by atoms with Gasteiger partial charge in [0.15, 0.2) is 18.2 Å². The number of hydrogen-bond acceptors (Lipinski definition) is 8. The molecule has 0 bridgehead atoms. The fourth-order valence-corrected chi connectivity index (χ4v) is 3.23. The quantitative estimate of drug-likeness (QED) is 0.620. The number of phenolic OH excluding ortho intramolecular Hbond substituents is 1. The number of aromatic hydroxyl groups is 1. The number of nitrogens with one attached hydrogen (secondary N) is 1. The summed E-state index contributed by atoms with van der Waals surface area (Å²) in [5.74, 6) is 0.271. The third-order valence-corrected chi connectivity index (χ3v) is 4.61. The molecule has 3 aromatic rings. The van der Waals surface area contributed by atoms with Gasteiger partial charge in [-0.25, -0.2) is 0 Å². The van der Waals surface area contributed by atoms with Crippen molar-refractivity contribution >= 4 is 11.7 Å². The van der Waals surface area contributed by atoms with Crippen molar-refractivity contribution in [2.24, 2.45) is 0 Å². The lowest BCUT2D eigenvalue weighted by atomic mass is 9.92. The van der Waals surface area contributed by atoms with Crippen molar-refractivity contribution in [3.8, 4) is 28.7 Å². The van der Waals surface area contributed by atoms with Gasteiger partial charge in [0.2, 0.25) is 0 Å². The van der Waals surface area contributed by atoms with E-state index in [1.807, 2.05) is 30.3 Å². The Kier molecular flexibility index (Phi) is 5.33. The summed E-state index contributed by atoms with van der Waals surface area (Å²) in [7, 11) is 0. The monoisotopic (exact) mass is 423 g/mol. The Balaban J connectivity index is 1.34. The number of rotatable bonds is 6. The summed E-state index contributed by atoms with van der Waals surface area (Å²) in [5.41, 5.74) is 0.227. The number of carbonyl (C=O) groups excluding carboxylic acids is 2. The van der Waals surface area contributed by atoms with Crippen LogP contribution in [0.2, 0.25) is 0 Å². The number of hydrogen-bond donors (Lipinski definition) is 2. The highest BCUT2D eigenvalue weighted by Crippen LogP contribution is 2.40. The van der Waals surface area contributed by atoms with Crippen molar-refractivity contribution in [3.05, 3.63) is 53.9 Å². The van der Waals surface area contributed by atoms with Crippen LogP contribution in [0.4, 0.5) is 0 Å². The first kappa shape index (κ1) is 20.4. The maximum atomic E-state index is 12.2. The maximum Gasteiger partial charge on any atom is 0.258 e. The number of nitrogens with zero attached hydrogens (tertiary/aromatic N) is 2. The molecule has 160 valence electrons. The second-order valence-corrected chi connectivity index (χ2v) is 7.72. The standard InChI is InChI=1S/C22H21N3O6/c1-22(2)10-16(27)20-15(26)8-14(9-17(20)30-22)29-12-19(28)23-11-18-24-21(31-25-18)13-6-4-3-5-7-13/h3-9,26H,10-12H2,1-2H3,(H,23,28). The Morgan fingerprint density at radius 2 is 2.03 bits per heavy atom. The van der Waals surface area contributed by atoms with Gasteiger partial charge >= 0.3 is 0 Å². The fourth-order valence-electron chi connectivity index (χ4n) is 3.23. The minimum atomic E-state index is -0.685. The van der Waals surface area contributed by atoms with Crippen molar-refractivity contribution in [3.63, 3.8) is 0 Å². The lowest BCUT2D eigenvalue weighted by Crippen LogP contribution is -2.36. The molecule has 1 aromatic heterocycles. The number of ether oxygens (including phenoxy) is 2. The van der Waals surface area contributed by atoms with E-state index >= 15 is 0 Å². The lowest BCUT2D eigenvalue weighted by Gasteiger charge is -2.32. The second-order valence-electron chi connectivity index (χ2n) is 7.72. The average Bonchev–Trinajstić information content (AvgIpc) is 3.19. The Morgan fingerprint density at radius 3 is 2.81 bits per heavy atom. The maximum absolute atomic E-state index is 12.2. The highest BCUT2D eigenvalue weighted by atomic mass is 16.5. The van der Waals surface area contributed by atoms with Crippen LogP contribution in [0.15, 0.2) is 47.0 Å². The number of Topliss-reactive ketones (excluding diaryl/α,β-unsaturated/α-hetero) is 1. The molecule has 1 amide bonds. The average molecular weight is 423 g/mol. The number of fused-ring (bicyclic) bond motifs is 1. The van der Waals surface area contributed by atoms with E-state index in [2.05, 4.69) is 15.5 Å². The highest BCUT2D eigenvalue weighted by Gasteiger charge is 2.35. The highest BCUT2D eigenvalue weighted by molar-refractivity contribution is 6.03. The normalized spacial score (nSPS) is 14.5. The predicted octanol–water partition coefficient (Wildman–Crippen LogP) is 2.88. The molecular weight excluding hydrogens is 402 g/mol. The topological polar surface area (TPSA) is 124 Å². The van der Waals surface area contributed by atoms with Crippen LogP contribution in [0.5, 0.6) is 17.2 Å². The molecule has 2 N–H and O–H groups in total. The van der Waals surface area contributed by atoms with Gasteiger partial charge in [-0.1, -0.05) is 23.4 Å². The summed E-state index contributed by atoms with van der Waals surface area (Å²) in [5, 5.41) is 16.7. The summed E-state index contributed by atoms with van der Waals surface area (Å²) >= 11 is 0. The number of phenols is 1. The Bertz CT molecular complexity index is 1120. The lowest BCUT2D eigenvalue weighted by molar-refractivity contribution is -0.123. The molecule has 9 heteroatoms. The number of aromatic nitrogens is 2. The Labute approximate surface area is 178 Å². The van der Waals surface area contributed by atoms with Gasteiger partial charge in [-0.2, -0.15) is 4.98 Å². The van der Waals surface area contributed by atoms with Crippen molar-refractivity contribution in [2.45, 2.75) is 32.4 Å². The Hall–Kier alpha value is -3.88. The largest absolute Gasteiger partial charge is 0.507 e. The third-order valence-electron chi connectivity index (χ3n) is 4.61. The van der Waals surface area contributed by atoms with E-state index in [1.54, 1.807) is 13.8 Å². The molecule has 0 spiro atoms. The summed E-state index contributed by atoms with van der Waals surface area (Å²) in [6.07, 6.45) is 0.165. The first-order chi connectivity index (χ1) is 14.8. The van der Waals surface area contributed by atoms with Crippen molar-refractivity contribution in [1.82, 2.24) is 15.5 Å². The molecule has 9 nitrogen and oxygen atoms in total. The molecule has 0 radical (unpaired) electrons. The van der Waals surface area contributed by atoms with Crippen LogP contribution in [0.25, 0.3) is 11.5 Å². The van der Waals surface area contributed by atoms with Crippen molar-refractivity contribution in [1.29, 1.82) is 0 Å². The zero-order chi connectivity index (χ0) is 22.0. The zero-order valence-corrected chi connectivity index (χ0v) is 17.0. The zero-order valence-electron chi connectivity index (χ0n) is 17.0. The number of ketones is 1. The molecule has 2 heterocycles. The van der Waals surface area contributed by atoms with Gasteiger partial charge < -0.3 is 24.4 Å². The second kappa shape index (κ2) is 8.10. The first-order valence-electron chi connectivity index (χ1n) is 9.67. The fraction of sp³-hybridized carbons (Fsp3) is 0.273. The van der Waals surface area contributed by atoms with E-state index in [4.69, 9.17) is 14.0 Å². The molecule has 0 atom stereocenters. The van der Waals surface area contributed by atoms with E-state index in [9.17, 15) is 14.7 Å². The molecule has 2 aromatic carbocycles. The van der Waals surface area contributed by atoms with Crippen LogP contribution >= 0.6 is 0 Å². The van der Waals surface area contributed by atoms with E-state index < -0.39 is 11.5 Å². The van der Waals surface area contributed by atoms with Gasteiger partial charge in [-0.3, -0.25) is 9.59 Å². The minimum Gasteiger partial charge on any atom is -0.507 e. The molecule has 1 aliphatic rings. The SMILES string of the molecule is CC1(C)CC(=O)c2c(O)cc(OCC(=O)NCc3noc(-c4ccccc4)n3)cc2O1. The van der Waals surface area contributed by atoms with Gasteiger partial charge in [0, 0.05) is 17.7 Å². The van der Waals surface area contributed by atoms with Gasteiger partial charge in [-0.15, -0.1) is 0 Å². The van der Waals surface area contributed by atoms with E-state index in [0.717, 1.165) is 5.56 Å². The van der Waals surface area contributed by atoms with Crippen LogP contribution in [-0.4, -0.2) is 39.1 Å². The number of carbonyl (C=O) groups is 2. The molecule has 1 aliphatic heterocycles. The van der Waals surface area contributed by atoms with Crippen molar-refractivity contribution in [2.75, 3.05) is 6.61 Å². The van der Waals surface area contributed by atoms with Gasteiger partial charge in [-0.05, 0) is 26.0 Å². The molecule has 0 saturated carbocycles. The summed E-state index contributed by atoms with van der Waals surface area (Å²) in [6, 6.07) is 12.1. The van der Waals surface area contributed by atoms with Crippen LogP contribution < -0.4 is 14.8 Å². The first-order valence-corrected chi connectivity index (χ1v) is 9.67. The third kappa shape index (κ3) is 4.66. The van der Waals surface area contributed by atoms with E-state index in [1.165, 1.54) is 12.1 Å². The number of amides is 1. The van der Waals surface area contributed by atoms with E-state index in [0.29, 0.717) is 11.7 Å². The van der Waals surface area contributed by atoms with Crippen molar-refractivity contribution < 1.29 is 28.7 Å². The van der Waals surface area contributed by atoms with Gasteiger partial charge in [0.1, 0.15) is 28.4 Å². The molecule has 4 rings (SSSR count). The van der Waals surface area contributed by atoms with Crippen LogP contribution in [0.1, 0.15) is 36.5 Å². The van der Waals surface area contributed by atoms with Gasteiger partial charge in [0.25, 0.3) is 11.8 Å². The minimum absolute atomic E-state index is 0.0692. The van der Waals surface area contributed by atoms with Gasteiger partial charge in [0.05, 0.1) is 13.0 Å². The summed E-state index contributed by atoms with van der Waals surface area (Å²) in [6.45, 7) is 3.33. The van der Waals surface area contributed by atoms with Crippen LogP contribution in [0, 0.1) is 0 Å². The molecule has 0 aliphatic carbocycles. The smallest absolute Gasteiger partial charge is 0.258 e. The van der Waals surface area contributed by atoms with Crippen LogP contribution in [0.3, 0.4) is 0 Å². The van der Waals surface area contributed by atoms with E-state index in [-0.39, 0.29) is 48.2 Å². The molecule has 0 unspecified atom stereocenters. The summed E-state index contributed by atoms with van der Waals surface area (Å²) in [4.78, 5) is 28.6. The summed E-state index contributed by atoms with van der Waals surface area (Å²) < 4.78 is 16.4.